The van der Waals surface area contributed by atoms with Gasteiger partial charge in [-0.2, -0.15) is 0 Å². The van der Waals surface area contributed by atoms with E-state index in [1.165, 1.54) is 0 Å². The van der Waals surface area contributed by atoms with Crippen molar-refractivity contribution in [2.45, 2.75) is 19.6 Å². The molecule has 96 valence electrons. The van der Waals surface area contributed by atoms with Crippen LogP contribution in [0.15, 0.2) is 30.3 Å². The van der Waals surface area contributed by atoms with E-state index in [0.717, 1.165) is 16.6 Å². The molecule has 0 aliphatic carbocycles. The Hall–Kier alpha value is -1.65. The first-order valence-corrected chi connectivity index (χ1v) is 6.00. The van der Waals surface area contributed by atoms with Crippen LogP contribution in [0.25, 0.3) is 10.9 Å². The summed E-state index contributed by atoms with van der Waals surface area (Å²) in [5, 5.41) is 19.6. The van der Waals surface area contributed by atoms with Crippen LogP contribution in [0.2, 0.25) is 0 Å². The second-order valence-corrected chi connectivity index (χ2v) is 4.45. The van der Waals surface area contributed by atoms with Crippen molar-refractivity contribution in [3.63, 3.8) is 0 Å². The SMILES string of the molecule is CC(CO)N(C)c1cc(CO)nc2ccccc12. The summed E-state index contributed by atoms with van der Waals surface area (Å²) in [5.74, 6) is 0. The largest absolute Gasteiger partial charge is 0.394 e. The first kappa shape index (κ1) is 12.8. The van der Waals surface area contributed by atoms with Crippen LogP contribution < -0.4 is 4.90 Å². The molecule has 1 unspecified atom stereocenters. The summed E-state index contributed by atoms with van der Waals surface area (Å²) in [7, 11) is 1.93. The van der Waals surface area contributed by atoms with E-state index in [2.05, 4.69) is 4.98 Å². The molecule has 0 amide bonds. The van der Waals surface area contributed by atoms with Crippen molar-refractivity contribution >= 4 is 16.6 Å². The van der Waals surface area contributed by atoms with Gasteiger partial charge in [-0.3, -0.25) is 4.98 Å². The van der Waals surface area contributed by atoms with Gasteiger partial charge in [0.1, 0.15) is 0 Å². The van der Waals surface area contributed by atoms with Crippen molar-refractivity contribution in [3.05, 3.63) is 36.0 Å². The average Bonchev–Trinajstić information content (AvgIpc) is 2.44. The third kappa shape index (κ3) is 2.30. The molecule has 1 aromatic heterocycles. The fraction of sp³-hybridized carbons (Fsp3) is 0.357. The van der Waals surface area contributed by atoms with Crippen LogP contribution >= 0.6 is 0 Å². The zero-order valence-electron chi connectivity index (χ0n) is 10.7. The Labute approximate surface area is 107 Å². The highest BCUT2D eigenvalue weighted by atomic mass is 16.3. The summed E-state index contributed by atoms with van der Waals surface area (Å²) in [6.07, 6.45) is 0. The van der Waals surface area contributed by atoms with E-state index in [9.17, 15) is 10.2 Å². The van der Waals surface area contributed by atoms with Gasteiger partial charge in [-0.1, -0.05) is 18.2 Å². The molecule has 2 N–H and O–H groups in total. The van der Waals surface area contributed by atoms with Gasteiger partial charge in [0.2, 0.25) is 0 Å². The van der Waals surface area contributed by atoms with Crippen LogP contribution in [0.4, 0.5) is 5.69 Å². The molecular weight excluding hydrogens is 228 g/mol. The molecule has 2 aromatic rings. The number of anilines is 1. The number of nitrogens with zero attached hydrogens (tertiary/aromatic N) is 2. The topological polar surface area (TPSA) is 56.6 Å². The van der Waals surface area contributed by atoms with Crippen molar-refractivity contribution in [2.75, 3.05) is 18.6 Å². The monoisotopic (exact) mass is 246 g/mol. The van der Waals surface area contributed by atoms with Crippen LogP contribution in [0.3, 0.4) is 0 Å². The normalized spacial score (nSPS) is 12.7. The number of aliphatic hydroxyl groups excluding tert-OH is 2. The minimum absolute atomic E-state index is 0.0161. The highest BCUT2D eigenvalue weighted by molar-refractivity contribution is 5.92. The Morgan fingerprint density at radius 2 is 2.00 bits per heavy atom. The molecule has 18 heavy (non-hydrogen) atoms. The summed E-state index contributed by atoms with van der Waals surface area (Å²) in [6.45, 7) is 1.95. The lowest BCUT2D eigenvalue weighted by atomic mass is 10.1. The molecule has 0 aliphatic rings. The lowest BCUT2D eigenvalue weighted by molar-refractivity contribution is 0.270. The van der Waals surface area contributed by atoms with Crippen molar-refractivity contribution in [3.8, 4) is 0 Å². The van der Waals surface area contributed by atoms with Gasteiger partial charge in [0.05, 0.1) is 24.4 Å². The number of para-hydroxylation sites is 1. The molecule has 0 spiro atoms. The highest BCUT2D eigenvalue weighted by Gasteiger charge is 2.13. The summed E-state index contributed by atoms with van der Waals surface area (Å²) in [5.41, 5.74) is 2.47. The van der Waals surface area contributed by atoms with Gasteiger partial charge in [0.15, 0.2) is 0 Å². The molecule has 0 saturated heterocycles. The number of pyridine rings is 1. The molecule has 2 rings (SSSR count). The quantitative estimate of drug-likeness (QED) is 0.859. The fourth-order valence-corrected chi connectivity index (χ4v) is 1.94. The van der Waals surface area contributed by atoms with Crippen molar-refractivity contribution in [2.24, 2.45) is 0 Å². The molecule has 0 fully saturated rings. The van der Waals surface area contributed by atoms with Gasteiger partial charge in [-0.05, 0) is 19.1 Å². The number of aromatic nitrogens is 1. The summed E-state index contributed by atoms with van der Waals surface area (Å²) >= 11 is 0. The minimum Gasteiger partial charge on any atom is -0.394 e. The molecule has 1 aromatic carbocycles. The Kier molecular flexibility index (Phi) is 3.79. The number of hydrogen-bond donors (Lipinski definition) is 2. The number of hydrogen-bond acceptors (Lipinski definition) is 4. The van der Waals surface area contributed by atoms with E-state index >= 15 is 0 Å². The molecule has 0 bridgehead atoms. The summed E-state index contributed by atoms with van der Waals surface area (Å²) in [4.78, 5) is 6.39. The van der Waals surface area contributed by atoms with Gasteiger partial charge in [-0.15, -0.1) is 0 Å². The molecule has 0 radical (unpaired) electrons. The van der Waals surface area contributed by atoms with E-state index in [-0.39, 0.29) is 19.3 Å². The molecule has 0 aliphatic heterocycles. The first-order valence-electron chi connectivity index (χ1n) is 6.00. The summed E-state index contributed by atoms with van der Waals surface area (Å²) < 4.78 is 0. The van der Waals surface area contributed by atoms with Gasteiger partial charge in [0.25, 0.3) is 0 Å². The summed E-state index contributed by atoms with van der Waals surface area (Å²) in [6, 6.07) is 9.70. The van der Waals surface area contributed by atoms with E-state index in [1.54, 1.807) is 0 Å². The minimum atomic E-state index is -0.0841. The highest BCUT2D eigenvalue weighted by Crippen LogP contribution is 2.27. The molecular formula is C14H18N2O2. The second kappa shape index (κ2) is 5.33. The van der Waals surface area contributed by atoms with Crippen LogP contribution in [0.5, 0.6) is 0 Å². The van der Waals surface area contributed by atoms with E-state index < -0.39 is 0 Å². The van der Waals surface area contributed by atoms with Crippen LogP contribution in [0.1, 0.15) is 12.6 Å². The van der Waals surface area contributed by atoms with Crippen molar-refractivity contribution in [1.82, 2.24) is 4.98 Å². The number of rotatable bonds is 4. The van der Waals surface area contributed by atoms with E-state index in [0.29, 0.717) is 5.69 Å². The molecule has 1 heterocycles. The Bertz CT molecular complexity index is 542. The van der Waals surface area contributed by atoms with E-state index in [1.807, 2.05) is 49.2 Å². The Morgan fingerprint density at radius 3 is 2.67 bits per heavy atom. The zero-order valence-corrected chi connectivity index (χ0v) is 10.7. The number of likely N-dealkylation sites (N-methyl/N-ethyl adjacent to an activating group) is 1. The van der Waals surface area contributed by atoms with Crippen LogP contribution in [-0.4, -0.2) is 34.9 Å². The maximum Gasteiger partial charge on any atom is 0.0854 e. The average molecular weight is 246 g/mol. The third-order valence-electron chi connectivity index (χ3n) is 3.21. The van der Waals surface area contributed by atoms with Crippen LogP contribution in [0, 0.1) is 0 Å². The van der Waals surface area contributed by atoms with Gasteiger partial charge >= 0.3 is 0 Å². The standard InChI is InChI=1S/C14H18N2O2/c1-10(8-17)16(2)14-7-11(9-18)15-13-6-4-3-5-12(13)14/h3-7,10,17-18H,8-9H2,1-2H3. The number of aliphatic hydroxyl groups is 2. The fourth-order valence-electron chi connectivity index (χ4n) is 1.94. The third-order valence-corrected chi connectivity index (χ3v) is 3.21. The zero-order chi connectivity index (χ0) is 13.1. The maximum atomic E-state index is 9.27. The van der Waals surface area contributed by atoms with Gasteiger partial charge in [0, 0.05) is 24.2 Å². The Balaban J connectivity index is 2.60. The number of benzene rings is 1. The Morgan fingerprint density at radius 1 is 1.28 bits per heavy atom. The van der Waals surface area contributed by atoms with Crippen molar-refractivity contribution in [1.29, 1.82) is 0 Å². The first-order chi connectivity index (χ1) is 8.67. The predicted molar refractivity (Wildman–Crippen MR) is 72.6 cm³/mol. The van der Waals surface area contributed by atoms with Crippen molar-refractivity contribution < 1.29 is 10.2 Å². The smallest absolute Gasteiger partial charge is 0.0854 e. The van der Waals surface area contributed by atoms with Crippen LogP contribution in [-0.2, 0) is 6.61 Å². The lowest BCUT2D eigenvalue weighted by Gasteiger charge is -2.27. The number of fused-ring (bicyclic) bond motifs is 1. The molecule has 1 atom stereocenters. The van der Waals surface area contributed by atoms with Gasteiger partial charge in [-0.25, -0.2) is 0 Å². The predicted octanol–water partition coefficient (Wildman–Crippen LogP) is 1.54. The molecule has 4 nitrogen and oxygen atoms in total. The molecule has 4 heteroatoms. The van der Waals surface area contributed by atoms with E-state index in [4.69, 9.17) is 0 Å². The second-order valence-electron chi connectivity index (χ2n) is 4.45. The molecule has 0 saturated carbocycles. The lowest BCUT2D eigenvalue weighted by Crippen LogP contribution is -2.32. The maximum absolute atomic E-state index is 9.27. The van der Waals surface area contributed by atoms with Gasteiger partial charge < -0.3 is 15.1 Å².